The zero-order valence-electron chi connectivity index (χ0n) is 10.8. The molecule has 5 heteroatoms. The molecule has 0 aliphatic heterocycles. The number of nitrogens with zero attached hydrogens (tertiary/aromatic N) is 4. The summed E-state index contributed by atoms with van der Waals surface area (Å²) >= 11 is 0. The molecule has 2 aromatic rings. The second-order valence-corrected chi connectivity index (χ2v) is 5.33. The van der Waals surface area contributed by atoms with Crippen LogP contribution in [0.2, 0.25) is 0 Å². The van der Waals surface area contributed by atoms with Gasteiger partial charge >= 0.3 is 0 Å². The van der Waals surface area contributed by atoms with Crippen LogP contribution in [0, 0.1) is 6.92 Å². The van der Waals surface area contributed by atoms with E-state index >= 15 is 0 Å². The van der Waals surface area contributed by atoms with Crippen molar-refractivity contribution in [3.05, 3.63) is 23.9 Å². The lowest BCUT2D eigenvalue weighted by Crippen LogP contribution is -2.39. The van der Waals surface area contributed by atoms with Crippen molar-refractivity contribution < 1.29 is 0 Å². The molecule has 1 aliphatic carbocycles. The van der Waals surface area contributed by atoms with Gasteiger partial charge in [-0.25, -0.2) is 4.98 Å². The first kappa shape index (κ1) is 11.6. The Morgan fingerprint density at radius 1 is 1.28 bits per heavy atom. The van der Waals surface area contributed by atoms with Gasteiger partial charge in [-0.2, -0.15) is 0 Å². The van der Waals surface area contributed by atoms with Crippen LogP contribution in [0.1, 0.15) is 43.6 Å². The van der Waals surface area contributed by atoms with Gasteiger partial charge in [0.2, 0.25) is 0 Å². The lowest BCUT2D eigenvalue weighted by molar-refractivity contribution is 0.283. The SMILES string of the molecule is Cc1cc2nnc(C3(CN)CCCCC3)n2cn1. The molecule has 18 heavy (non-hydrogen) atoms. The van der Waals surface area contributed by atoms with Crippen LogP contribution in [-0.2, 0) is 5.41 Å². The van der Waals surface area contributed by atoms with Crippen molar-refractivity contribution in [2.45, 2.75) is 44.4 Å². The molecule has 0 amide bonds. The number of hydrogen-bond donors (Lipinski definition) is 1. The van der Waals surface area contributed by atoms with E-state index in [0.29, 0.717) is 6.54 Å². The number of aromatic nitrogens is 4. The van der Waals surface area contributed by atoms with E-state index in [-0.39, 0.29) is 5.41 Å². The van der Waals surface area contributed by atoms with Gasteiger partial charge in [0.15, 0.2) is 5.65 Å². The Kier molecular flexibility index (Phi) is 2.78. The normalized spacial score (nSPS) is 19.2. The molecule has 3 rings (SSSR count). The highest BCUT2D eigenvalue weighted by molar-refractivity contribution is 5.39. The number of aryl methyl sites for hydroxylation is 1. The van der Waals surface area contributed by atoms with E-state index in [9.17, 15) is 0 Å². The van der Waals surface area contributed by atoms with Gasteiger partial charge in [-0.3, -0.25) is 4.40 Å². The van der Waals surface area contributed by atoms with Crippen LogP contribution in [0.3, 0.4) is 0 Å². The van der Waals surface area contributed by atoms with Crippen LogP contribution < -0.4 is 5.73 Å². The van der Waals surface area contributed by atoms with Crippen molar-refractivity contribution in [3.63, 3.8) is 0 Å². The second-order valence-electron chi connectivity index (χ2n) is 5.33. The molecule has 0 saturated heterocycles. The number of rotatable bonds is 2. The summed E-state index contributed by atoms with van der Waals surface area (Å²) in [5, 5.41) is 8.66. The van der Waals surface area contributed by atoms with Gasteiger partial charge in [-0.15, -0.1) is 10.2 Å². The molecule has 0 spiro atoms. The fourth-order valence-corrected chi connectivity index (χ4v) is 3.00. The van der Waals surface area contributed by atoms with Crippen molar-refractivity contribution in [2.24, 2.45) is 5.73 Å². The average Bonchev–Trinajstić information content (AvgIpc) is 2.83. The summed E-state index contributed by atoms with van der Waals surface area (Å²) < 4.78 is 2.01. The zero-order chi connectivity index (χ0) is 12.6. The molecule has 5 nitrogen and oxygen atoms in total. The molecule has 0 unspecified atom stereocenters. The molecule has 1 saturated carbocycles. The average molecular weight is 245 g/mol. The van der Waals surface area contributed by atoms with Crippen LogP contribution >= 0.6 is 0 Å². The molecule has 0 aromatic carbocycles. The van der Waals surface area contributed by atoms with Crippen LogP contribution in [0.4, 0.5) is 0 Å². The Hall–Kier alpha value is -1.49. The smallest absolute Gasteiger partial charge is 0.163 e. The van der Waals surface area contributed by atoms with Gasteiger partial charge < -0.3 is 5.73 Å². The molecule has 2 aromatic heterocycles. The summed E-state index contributed by atoms with van der Waals surface area (Å²) in [6, 6.07) is 1.96. The summed E-state index contributed by atoms with van der Waals surface area (Å²) in [4.78, 5) is 4.34. The Morgan fingerprint density at radius 2 is 2.06 bits per heavy atom. The molecular weight excluding hydrogens is 226 g/mol. The number of fused-ring (bicyclic) bond motifs is 1. The van der Waals surface area contributed by atoms with Crippen molar-refractivity contribution in [2.75, 3.05) is 6.54 Å². The maximum atomic E-state index is 6.05. The first-order valence-electron chi connectivity index (χ1n) is 6.63. The quantitative estimate of drug-likeness (QED) is 0.872. The van der Waals surface area contributed by atoms with Crippen molar-refractivity contribution >= 4 is 5.65 Å². The number of hydrogen-bond acceptors (Lipinski definition) is 4. The molecule has 0 radical (unpaired) electrons. The third kappa shape index (κ3) is 1.70. The minimum atomic E-state index is -0.00535. The molecule has 0 atom stereocenters. The molecule has 1 fully saturated rings. The Bertz CT molecular complexity index is 554. The van der Waals surface area contributed by atoms with Gasteiger partial charge in [-0.1, -0.05) is 19.3 Å². The maximum absolute atomic E-state index is 6.05. The van der Waals surface area contributed by atoms with Gasteiger partial charge in [-0.05, 0) is 19.8 Å². The Labute approximate surface area is 106 Å². The second kappa shape index (κ2) is 4.31. The van der Waals surface area contributed by atoms with E-state index in [1.54, 1.807) is 0 Å². The van der Waals surface area contributed by atoms with Gasteiger partial charge in [0.05, 0.1) is 0 Å². The summed E-state index contributed by atoms with van der Waals surface area (Å²) in [5.74, 6) is 0.993. The fraction of sp³-hybridized carbons (Fsp3) is 0.615. The highest BCUT2D eigenvalue weighted by atomic mass is 15.3. The van der Waals surface area contributed by atoms with Gasteiger partial charge in [0.25, 0.3) is 0 Å². The topological polar surface area (TPSA) is 69.1 Å². The van der Waals surface area contributed by atoms with Crippen LogP contribution in [0.25, 0.3) is 5.65 Å². The third-order valence-corrected chi connectivity index (χ3v) is 4.11. The minimum absolute atomic E-state index is 0.00535. The van der Waals surface area contributed by atoms with Crippen molar-refractivity contribution in [3.8, 4) is 0 Å². The van der Waals surface area contributed by atoms with Gasteiger partial charge in [0, 0.05) is 23.7 Å². The van der Waals surface area contributed by atoms with E-state index in [4.69, 9.17) is 5.73 Å². The van der Waals surface area contributed by atoms with E-state index in [2.05, 4.69) is 15.2 Å². The van der Waals surface area contributed by atoms with E-state index < -0.39 is 0 Å². The number of nitrogens with two attached hydrogens (primary N) is 1. The molecule has 2 heterocycles. The summed E-state index contributed by atoms with van der Waals surface area (Å²) in [6.45, 7) is 2.61. The molecule has 0 bridgehead atoms. The van der Waals surface area contributed by atoms with Crippen molar-refractivity contribution in [1.29, 1.82) is 0 Å². The maximum Gasteiger partial charge on any atom is 0.163 e. The zero-order valence-corrected chi connectivity index (χ0v) is 10.8. The van der Waals surface area contributed by atoms with E-state index in [1.807, 2.05) is 23.7 Å². The van der Waals surface area contributed by atoms with Gasteiger partial charge in [0.1, 0.15) is 12.2 Å². The lowest BCUT2D eigenvalue weighted by atomic mass is 9.73. The highest BCUT2D eigenvalue weighted by Gasteiger charge is 2.36. The molecule has 96 valence electrons. The summed E-state index contributed by atoms with van der Waals surface area (Å²) in [6.07, 6.45) is 7.80. The summed E-state index contributed by atoms with van der Waals surface area (Å²) in [7, 11) is 0. The fourth-order valence-electron chi connectivity index (χ4n) is 3.00. The molecular formula is C13H19N5. The predicted octanol–water partition coefficient (Wildman–Crippen LogP) is 1.59. The first-order chi connectivity index (χ1) is 8.75. The standard InChI is InChI=1S/C13H19N5/c1-10-7-11-16-17-12(18(11)9-15-10)13(8-14)5-3-2-4-6-13/h7,9H,2-6,8,14H2,1H3. The summed E-state index contributed by atoms with van der Waals surface area (Å²) in [5.41, 5.74) is 7.88. The van der Waals surface area contributed by atoms with Crippen LogP contribution in [0.15, 0.2) is 12.4 Å². The van der Waals surface area contributed by atoms with Crippen LogP contribution in [0.5, 0.6) is 0 Å². The Morgan fingerprint density at radius 3 is 2.78 bits per heavy atom. The Balaban J connectivity index is 2.12. The van der Waals surface area contributed by atoms with Crippen LogP contribution in [-0.4, -0.2) is 26.1 Å². The molecule has 2 N–H and O–H groups in total. The first-order valence-corrected chi connectivity index (χ1v) is 6.63. The third-order valence-electron chi connectivity index (χ3n) is 4.11. The molecule has 1 aliphatic rings. The lowest BCUT2D eigenvalue weighted by Gasteiger charge is -2.34. The highest BCUT2D eigenvalue weighted by Crippen LogP contribution is 2.37. The largest absolute Gasteiger partial charge is 0.329 e. The predicted molar refractivity (Wildman–Crippen MR) is 69.3 cm³/mol. The van der Waals surface area contributed by atoms with E-state index in [1.165, 1.54) is 19.3 Å². The van der Waals surface area contributed by atoms with E-state index in [0.717, 1.165) is 30.0 Å². The minimum Gasteiger partial charge on any atom is -0.329 e. The monoisotopic (exact) mass is 245 g/mol. The van der Waals surface area contributed by atoms with Crippen molar-refractivity contribution in [1.82, 2.24) is 19.6 Å².